The van der Waals surface area contributed by atoms with Gasteiger partial charge in [-0.1, -0.05) is 6.92 Å². The maximum absolute atomic E-state index is 11.7. The lowest BCUT2D eigenvalue weighted by Gasteiger charge is -2.22. The molecule has 0 radical (unpaired) electrons. The van der Waals surface area contributed by atoms with Crippen molar-refractivity contribution in [2.45, 2.75) is 19.4 Å². The smallest absolute Gasteiger partial charge is 0.242 e. The highest BCUT2D eigenvalue weighted by Gasteiger charge is 2.30. The molecule has 0 aliphatic carbocycles. The second kappa shape index (κ2) is 5.45. The van der Waals surface area contributed by atoms with Gasteiger partial charge in [-0.3, -0.25) is 19.3 Å². The summed E-state index contributed by atoms with van der Waals surface area (Å²) in [5, 5.41) is 0. The number of carbonyl (C=O) groups is 3. The zero-order valence-corrected chi connectivity index (χ0v) is 9.19. The quantitative estimate of drug-likeness (QED) is 0.525. The molecule has 0 rings (SSSR count). The van der Waals surface area contributed by atoms with Crippen molar-refractivity contribution in [3.05, 3.63) is 0 Å². The van der Waals surface area contributed by atoms with Crippen LogP contribution < -0.4 is 11.5 Å². The zero-order chi connectivity index (χ0) is 12.2. The molecule has 2 amide bonds. The molecule has 6 heteroatoms. The Labute approximate surface area is 88.6 Å². The van der Waals surface area contributed by atoms with Crippen LogP contribution in [0.25, 0.3) is 0 Å². The molecule has 0 spiro atoms. The van der Waals surface area contributed by atoms with E-state index in [0.29, 0.717) is 0 Å². The van der Waals surface area contributed by atoms with E-state index in [1.54, 1.807) is 21.0 Å². The lowest BCUT2D eigenvalue weighted by atomic mass is 9.95. The summed E-state index contributed by atoms with van der Waals surface area (Å²) in [6.45, 7) is 1.55. The molecular formula is C9H17N3O3. The number of Topliss-reactive ketones (excluding diaryl/α,β-unsaturated/α-hetero) is 1. The topological polar surface area (TPSA) is 106 Å². The highest BCUT2D eigenvalue weighted by Crippen LogP contribution is 2.08. The minimum atomic E-state index is -1.00. The Morgan fingerprint density at radius 3 is 1.93 bits per heavy atom. The summed E-state index contributed by atoms with van der Waals surface area (Å²) in [6, 6.07) is -1.00. The summed E-state index contributed by atoms with van der Waals surface area (Å²) >= 11 is 0. The van der Waals surface area contributed by atoms with E-state index in [0.717, 1.165) is 0 Å². The lowest BCUT2D eigenvalue weighted by Crippen LogP contribution is -2.48. The van der Waals surface area contributed by atoms with Crippen molar-refractivity contribution in [3.8, 4) is 0 Å². The number of hydrogen-bond donors (Lipinski definition) is 2. The number of carbonyl (C=O) groups excluding carboxylic acids is 3. The molecule has 2 atom stereocenters. The second-order valence-corrected chi connectivity index (χ2v) is 3.74. The van der Waals surface area contributed by atoms with Crippen LogP contribution in [-0.2, 0) is 14.4 Å². The normalized spacial score (nSPS) is 14.7. The Morgan fingerprint density at radius 1 is 1.20 bits per heavy atom. The van der Waals surface area contributed by atoms with Crippen LogP contribution in [0.1, 0.15) is 13.3 Å². The molecule has 0 heterocycles. The van der Waals surface area contributed by atoms with Crippen LogP contribution in [0.4, 0.5) is 0 Å². The minimum absolute atomic E-state index is 0.0730. The van der Waals surface area contributed by atoms with Gasteiger partial charge in [0.2, 0.25) is 11.8 Å². The third kappa shape index (κ3) is 4.07. The number of nitrogens with zero attached hydrogens (tertiary/aromatic N) is 1. The summed E-state index contributed by atoms with van der Waals surface area (Å²) in [6.07, 6.45) is -0.0730. The van der Waals surface area contributed by atoms with Gasteiger partial charge in [-0.2, -0.15) is 0 Å². The van der Waals surface area contributed by atoms with Gasteiger partial charge < -0.3 is 11.5 Å². The highest BCUT2D eigenvalue weighted by molar-refractivity contribution is 6.06. The molecule has 0 bridgehead atoms. The van der Waals surface area contributed by atoms with Gasteiger partial charge in [-0.25, -0.2) is 0 Å². The summed E-state index contributed by atoms with van der Waals surface area (Å²) in [7, 11) is 3.15. The molecule has 0 saturated heterocycles. The van der Waals surface area contributed by atoms with Crippen LogP contribution >= 0.6 is 0 Å². The molecule has 86 valence electrons. The first-order chi connectivity index (χ1) is 6.77. The minimum Gasteiger partial charge on any atom is -0.370 e. The van der Waals surface area contributed by atoms with Gasteiger partial charge in [0.15, 0.2) is 5.78 Å². The van der Waals surface area contributed by atoms with E-state index in [9.17, 15) is 14.4 Å². The van der Waals surface area contributed by atoms with E-state index < -0.39 is 23.8 Å². The number of likely N-dealkylation sites (N-methyl/N-ethyl adjacent to an activating group) is 1. The fraction of sp³-hybridized carbons (Fsp3) is 0.667. The molecule has 0 aromatic carbocycles. The predicted octanol–water partition coefficient (Wildman–Crippen LogP) is -1.52. The van der Waals surface area contributed by atoms with Crippen LogP contribution in [0.3, 0.4) is 0 Å². The molecule has 0 aromatic rings. The maximum atomic E-state index is 11.7. The van der Waals surface area contributed by atoms with Crippen molar-refractivity contribution in [2.75, 3.05) is 14.1 Å². The van der Waals surface area contributed by atoms with E-state index in [2.05, 4.69) is 0 Å². The molecule has 0 saturated carbocycles. The number of amides is 2. The molecule has 0 aliphatic rings. The molecule has 0 aliphatic heterocycles. The van der Waals surface area contributed by atoms with Gasteiger partial charge in [0.1, 0.15) is 6.04 Å². The fourth-order valence-corrected chi connectivity index (χ4v) is 1.32. The van der Waals surface area contributed by atoms with Crippen molar-refractivity contribution < 1.29 is 14.4 Å². The molecular weight excluding hydrogens is 198 g/mol. The summed E-state index contributed by atoms with van der Waals surface area (Å²) < 4.78 is 0. The monoisotopic (exact) mass is 215 g/mol. The Hall–Kier alpha value is -1.43. The van der Waals surface area contributed by atoms with Gasteiger partial charge in [0.05, 0.1) is 0 Å². The summed E-state index contributed by atoms with van der Waals surface area (Å²) in [4.78, 5) is 34.8. The largest absolute Gasteiger partial charge is 0.370 e. The second-order valence-electron chi connectivity index (χ2n) is 3.74. The van der Waals surface area contributed by atoms with E-state index >= 15 is 0 Å². The van der Waals surface area contributed by atoms with Crippen LogP contribution in [0.15, 0.2) is 0 Å². The first-order valence-electron chi connectivity index (χ1n) is 4.55. The Kier molecular flexibility index (Phi) is 4.93. The zero-order valence-electron chi connectivity index (χ0n) is 9.19. The summed E-state index contributed by atoms with van der Waals surface area (Å²) in [5.74, 6) is -2.27. The average Bonchev–Trinajstić information content (AvgIpc) is 2.00. The van der Waals surface area contributed by atoms with Crippen LogP contribution in [0, 0.1) is 5.92 Å². The van der Waals surface area contributed by atoms with Gasteiger partial charge >= 0.3 is 0 Å². The van der Waals surface area contributed by atoms with Crippen LogP contribution in [0.5, 0.6) is 0 Å². The third-order valence-corrected chi connectivity index (χ3v) is 2.05. The molecule has 6 nitrogen and oxygen atoms in total. The predicted molar refractivity (Wildman–Crippen MR) is 54.7 cm³/mol. The molecule has 0 unspecified atom stereocenters. The lowest BCUT2D eigenvalue weighted by molar-refractivity contribution is -0.136. The number of rotatable bonds is 6. The fourth-order valence-electron chi connectivity index (χ4n) is 1.32. The van der Waals surface area contributed by atoms with Crippen molar-refractivity contribution in [1.82, 2.24) is 4.90 Å². The number of ketones is 1. The van der Waals surface area contributed by atoms with E-state index in [-0.39, 0.29) is 12.2 Å². The SMILES string of the molecule is C[C@H](CC(N)=O)C(=O)[C@@H](C(N)=O)N(C)C. The standard InChI is InChI=1S/C9H17N3O3/c1-5(4-6(10)13)8(14)7(9(11)15)12(2)3/h5,7H,4H2,1-3H3,(H2,10,13)(H2,11,15)/t5-,7+/m1/s1. The van der Waals surface area contributed by atoms with E-state index in [1.165, 1.54) is 4.90 Å². The molecule has 4 N–H and O–H groups in total. The van der Waals surface area contributed by atoms with Gasteiger partial charge in [-0.05, 0) is 14.1 Å². The highest BCUT2D eigenvalue weighted by atomic mass is 16.2. The van der Waals surface area contributed by atoms with Crippen LogP contribution in [-0.4, -0.2) is 42.6 Å². The maximum Gasteiger partial charge on any atom is 0.242 e. The Balaban J connectivity index is 4.64. The Bertz CT molecular complexity index is 276. The first-order valence-corrected chi connectivity index (χ1v) is 4.55. The number of hydrogen-bond acceptors (Lipinski definition) is 4. The van der Waals surface area contributed by atoms with Crippen molar-refractivity contribution in [2.24, 2.45) is 17.4 Å². The molecule has 0 fully saturated rings. The first kappa shape index (κ1) is 13.6. The van der Waals surface area contributed by atoms with Crippen molar-refractivity contribution >= 4 is 17.6 Å². The number of primary amides is 2. The molecule has 15 heavy (non-hydrogen) atoms. The van der Waals surface area contributed by atoms with Gasteiger partial charge in [-0.15, -0.1) is 0 Å². The average molecular weight is 215 g/mol. The Morgan fingerprint density at radius 2 is 1.67 bits per heavy atom. The van der Waals surface area contributed by atoms with E-state index in [1.807, 2.05) is 0 Å². The van der Waals surface area contributed by atoms with Crippen molar-refractivity contribution in [1.29, 1.82) is 0 Å². The van der Waals surface area contributed by atoms with Gasteiger partial charge in [0.25, 0.3) is 0 Å². The van der Waals surface area contributed by atoms with Crippen molar-refractivity contribution in [3.63, 3.8) is 0 Å². The van der Waals surface area contributed by atoms with E-state index in [4.69, 9.17) is 11.5 Å². The van der Waals surface area contributed by atoms with Crippen LogP contribution in [0.2, 0.25) is 0 Å². The third-order valence-electron chi connectivity index (χ3n) is 2.05. The van der Waals surface area contributed by atoms with Gasteiger partial charge in [0, 0.05) is 12.3 Å². The molecule has 0 aromatic heterocycles. The summed E-state index contributed by atoms with van der Waals surface area (Å²) in [5.41, 5.74) is 10.1. The number of nitrogens with two attached hydrogens (primary N) is 2.